The molecule has 4 heterocycles. The van der Waals surface area contributed by atoms with Crippen molar-refractivity contribution in [3.8, 4) is 11.3 Å². The molecule has 7 nitrogen and oxygen atoms in total. The molecule has 0 saturated carbocycles. The van der Waals surface area contributed by atoms with E-state index >= 15 is 0 Å². The van der Waals surface area contributed by atoms with Crippen molar-refractivity contribution in [3.05, 3.63) is 118 Å². The molecule has 1 fully saturated rings. The minimum atomic E-state index is 0.0185. The summed E-state index contributed by atoms with van der Waals surface area (Å²) >= 11 is 6.15. The highest BCUT2D eigenvalue weighted by Crippen LogP contribution is 2.36. The van der Waals surface area contributed by atoms with Crippen LogP contribution < -0.4 is 10.9 Å². The van der Waals surface area contributed by atoms with Crippen LogP contribution in [0.1, 0.15) is 28.4 Å². The fourth-order valence-corrected chi connectivity index (χ4v) is 6.32. The Hall–Kier alpha value is -4.49. The second-order valence-electron chi connectivity index (χ2n) is 10.6. The molecule has 8 heteroatoms. The van der Waals surface area contributed by atoms with Crippen LogP contribution in [-0.2, 0) is 6.54 Å². The number of pyridine rings is 1. The van der Waals surface area contributed by atoms with Gasteiger partial charge in [0, 0.05) is 69.9 Å². The van der Waals surface area contributed by atoms with Gasteiger partial charge in [0.2, 0.25) is 0 Å². The fourth-order valence-electron chi connectivity index (χ4n) is 6.13. The predicted molar refractivity (Wildman–Crippen MR) is 157 cm³/mol. The Morgan fingerprint density at radius 3 is 2.48 bits per heavy atom. The molecule has 2 aliphatic rings. The number of benzene rings is 3. The van der Waals surface area contributed by atoms with E-state index < -0.39 is 0 Å². The minimum Gasteiger partial charge on any atom is -0.338 e. The Balaban J connectivity index is 1.14. The SMILES string of the molecule is O=C(c1ccc(-c2nnc(Nc3cccc(Cl)c3)c3ccccc23)cc1)N1C[C@H]2C[C@@H](C1)c1cccc(=O)n1C2. The Bertz CT molecular complexity index is 1820. The van der Waals surface area contributed by atoms with Crippen LogP contribution in [0.5, 0.6) is 0 Å². The van der Waals surface area contributed by atoms with Gasteiger partial charge >= 0.3 is 0 Å². The first kappa shape index (κ1) is 24.5. The summed E-state index contributed by atoms with van der Waals surface area (Å²) in [6.45, 7) is 1.95. The topological polar surface area (TPSA) is 80.1 Å². The highest BCUT2D eigenvalue weighted by atomic mass is 35.5. The summed E-state index contributed by atoms with van der Waals surface area (Å²) in [5, 5.41) is 14.9. The van der Waals surface area contributed by atoms with Crippen molar-refractivity contribution in [2.45, 2.75) is 18.9 Å². The van der Waals surface area contributed by atoms with Crippen LogP contribution in [0.15, 0.2) is 95.8 Å². The molecule has 40 heavy (non-hydrogen) atoms. The van der Waals surface area contributed by atoms with E-state index in [-0.39, 0.29) is 23.3 Å². The largest absolute Gasteiger partial charge is 0.338 e. The number of amides is 1. The van der Waals surface area contributed by atoms with Gasteiger partial charge in [-0.3, -0.25) is 9.59 Å². The highest BCUT2D eigenvalue weighted by Gasteiger charge is 2.36. The van der Waals surface area contributed by atoms with Gasteiger partial charge in [0.1, 0.15) is 5.69 Å². The summed E-state index contributed by atoms with van der Waals surface area (Å²) in [7, 11) is 0. The molecule has 7 rings (SSSR count). The Morgan fingerprint density at radius 2 is 1.65 bits per heavy atom. The van der Waals surface area contributed by atoms with Crippen LogP contribution in [0.25, 0.3) is 22.0 Å². The summed E-state index contributed by atoms with van der Waals surface area (Å²) in [4.78, 5) is 27.8. The second-order valence-corrected chi connectivity index (χ2v) is 11.0. The van der Waals surface area contributed by atoms with Crippen molar-refractivity contribution in [1.82, 2.24) is 19.7 Å². The summed E-state index contributed by atoms with van der Waals surface area (Å²) in [5.41, 5.74) is 4.20. The zero-order valence-corrected chi connectivity index (χ0v) is 22.4. The zero-order valence-electron chi connectivity index (χ0n) is 21.6. The van der Waals surface area contributed by atoms with Crippen molar-refractivity contribution in [2.24, 2.45) is 5.92 Å². The number of nitrogens with one attached hydrogen (secondary N) is 1. The van der Waals surface area contributed by atoms with Gasteiger partial charge in [0.05, 0.1) is 0 Å². The van der Waals surface area contributed by atoms with Gasteiger partial charge in [-0.2, -0.15) is 0 Å². The van der Waals surface area contributed by atoms with Crippen LogP contribution in [-0.4, -0.2) is 38.7 Å². The molecule has 0 radical (unpaired) electrons. The average molecular weight is 548 g/mol. The van der Waals surface area contributed by atoms with Gasteiger partial charge < -0.3 is 14.8 Å². The molecule has 2 aliphatic heterocycles. The smallest absolute Gasteiger partial charge is 0.253 e. The number of anilines is 2. The van der Waals surface area contributed by atoms with Crippen molar-refractivity contribution in [2.75, 3.05) is 18.4 Å². The Morgan fingerprint density at radius 1 is 0.850 bits per heavy atom. The summed E-state index contributed by atoms with van der Waals surface area (Å²) in [6, 6.07) is 28.5. The molecule has 1 saturated heterocycles. The third-order valence-electron chi connectivity index (χ3n) is 7.95. The number of fused-ring (bicyclic) bond motifs is 5. The molecule has 1 N–H and O–H groups in total. The number of likely N-dealkylation sites (tertiary alicyclic amines) is 1. The van der Waals surface area contributed by atoms with E-state index in [9.17, 15) is 9.59 Å². The van der Waals surface area contributed by atoms with Gasteiger partial charge in [0.15, 0.2) is 5.82 Å². The lowest BCUT2D eigenvalue weighted by Crippen LogP contribution is -2.49. The van der Waals surface area contributed by atoms with E-state index in [2.05, 4.69) is 15.5 Å². The van der Waals surface area contributed by atoms with E-state index in [1.807, 2.05) is 94.4 Å². The molecule has 2 aromatic heterocycles. The third-order valence-corrected chi connectivity index (χ3v) is 8.18. The predicted octanol–water partition coefficient (Wildman–Crippen LogP) is 6.12. The number of carbonyl (C=O) groups is 1. The lowest BCUT2D eigenvalue weighted by atomic mass is 9.83. The summed E-state index contributed by atoms with van der Waals surface area (Å²) < 4.78 is 1.89. The molecule has 5 aromatic rings. The monoisotopic (exact) mass is 547 g/mol. The van der Waals surface area contributed by atoms with Crippen LogP contribution >= 0.6 is 11.6 Å². The maximum absolute atomic E-state index is 13.5. The molecule has 1 amide bonds. The zero-order chi connectivity index (χ0) is 27.2. The normalized spacial score (nSPS) is 17.9. The van der Waals surface area contributed by atoms with Crippen LogP contribution in [0.2, 0.25) is 5.02 Å². The van der Waals surface area contributed by atoms with E-state index in [1.54, 1.807) is 6.07 Å². The molecule has 3 aromatic carbocycles. The number of halogens is 1. The molecule has 0 aliphatic carbocycles. The number of nitrogens with zero attached hydrogens (tertiary/aromatic N) is 4. The van der Waals surface area contributed by atoms with Gasteiger partial charge in [-0.05, 0) is 48.7 Å². The van der Waals surface area contributed by atoms with Gasteiger partial charge in [-0.1, -0.05) is 60.1 Å². The number of hydrogen-bond acceptors (Lipinski definition) is 5. The maximum atomic E-state index is 13.5. The molecular weight excluding hydrogens is 522 g/mol. The fraction of sp³-hybridized carbons (Fsp3) is 0.188. The van der Waals surface area contributed by atoms with Crippen LogP contribution in [0, 0.1) is 5.92 Å². The lowest BCUT2D eigenvalue weighted by molar-refractivity contribution is 0.0594. The van der Waals surface area contributed by atoms with Crippen molar-refractivity contribution in [1.29, 1.82) is 0 Å². The Labute approximate surface area is 236 Å². The van der Waals surface area contributed by atoms with Crippen molar-refractivity contribution < 1.29 is 4.79 Å². The molecule has 0 unspecified atom stereocenters. The first-order valence-electron chi connectivity index (χ1n) is 13.4. The minimum absolute atomic E-state index is 0.0185. The first-order chi connectivity index (χ1) is 19.5. The second kappa shape index (κ2) is 9.92. The van der Waals surface area contributed by atoms with Crippen molar-refractivity contribution >= 4 is 39.8 Å². The number of piperidine rings is 1. The van der Waals surface area contributed by atoms with Gasteiger partial charge in [-0.15, -0.1) is 10.2 Å². The lowest BCUT2D eigenvalue weighted by Gasteiger charge is -2.42. The highest BCUT2D eigenvalue weighted by molar-refractivity contribution is 6.30. The molecule has 2 atom stereocenters. The first-order valence-corrected chi connectivity index (χ1v) is 13.8. The van der Waals surface area contributed by atoms with Crippen molar-refractivity contribution in [3.63, 3.8) is 0 Å². The summed E-state index contributed by atoms with van der Waals surface area (Å²) in [5.74, 6) is 1.14. The molecular formula is C32H26ClN5O2. The van der Waals surface area contributed by atoms with E-state index in [0.717, 1.165) is 39.8 Å². The van der Waals surface area contributed by atoms with Gasteiger partial charge in [-0.25, -0.2) is 0 Å². The third kappa shape index (κ3) is 4.42. The quantitative estimate of drug-likeness (QED) is 0.293. The average Bonchev–Trinajstić information content (AvgIpc) is 2.98. The molecule has 2 bridgehead atoms. The Kier molecular flexibility index (Phi) is 6.09. The van der Waals surface area contributed by atoms with E-state index in [0.29, 0.717) is 36.0 Å². The van der Waals surface area contributed by atoms with E-state index in [4.69, 9.17) is 11.6 Å². The van der Waals surface area contributed by atoms with Gasteiger partial charge in [0.25, 0.3) is 11.5 Å². The number of rotatable bonds is 4. The molecule has 0 spiro atoms. The van der Waals surface area contributed by atoms with Crippen LogP contribution in [0.4, 0.5) is 11.5 Å². The number of carbonyl (C=O) groups excluding carboxylic acids is 1. The summed E-state index contributed by atoms with van der Waals surface area (Å²) in [6.07, 6.45) is 1.01. The molecule has 198 valence electrons. The van der Waals surface area contributed by atoms with Crippen LogP contribution in [0.3, 0.4) is 0 Å². The maximum Gasteiger partial charge on any atom is 0.253 e. The number of aromatic nitrogens is 3. The van der Waals surface area contributed by atoms with E-state index in [1.165, 1.54) is 0 Å². The number of hydrogen-bond donors (Lipinski definition) is 1. The standard InChI is InChI=1S/C32H26ClN5O2/c33-24-5-3-6-25(16-24)34-31-27-8-2-1-7-26(27)30(35-36-31)21-11-13-22(14-12-21)32(40)37-17-20-15-23(19-37)28-9-4-10-29(39)38(28)18-20/h1-14,16,20,23H,15,17-19H2,(H,34,36)/t20-,23+/m1/s1.